The number of halogens is 2. The van der Waals surface area contributed by atoms with E-state index < -0.39 is 0 Å². The van der Waals surface area contributed by atoms with Crippen LogP contribution in [0, 0.1) is 5.82 Å². The highest BCUT2D eigenvalue weighted by Crippen LogP contribution is 2.17. The van der Waals surface area contributed by atoms with Crippen LogP contribution in [0.5, 0.6) is 0 Å². The predicted octanol–water partition coefficient (Wildman–Crippen LogP) is 1.42. The summed E-state index contributed by atoms with van der Waals surface area (Å²) in [6.07, 6.45) is 0. The third-order valence-corrected chi connectivity index (χ3v) is 2.63. The van der Waals surface area contributed by atoms with Gasteiger partial charge in [-0.15, -0.1) is 0 Å². The van der Waals surface area contributed by atoms with Crippen LogP contribution in [0.1, 0.15) is 5.56 Å². The lowest BCUT2D eigenvalue weighted by atomic mass is 10.2. The van der Waals surface area contributed by atoms with Crippen LogP contribution in [0.2, 0.25) is 0 Å². The second kappa shape index (κ2) is 5.82. The molecule has 0 unspecified atom stereocenters. The summed E-state index contributed by atoms with van der Waals surface area (Å²) in [5.74, 6) is -0.356. The topological polar surface area (TPSA) is 41.1 Å². The lowest BCUT2D eigenvalue weighted by molar-refractivity contribution is -0.119. The van der Waals surface area contributed by atoms with Gasteiger partial charge in [-0.05, 0) is 17.7 Å². The maximum atomic E-state index is 12.7. The Kier molecular flexibility index (Phi) is 4.71. The zero-order valence-electron chi connectivity index (χ0n) is 8.31. The van der Waals surface area contributed by atoms with Crippen molar-refractivity contribution >= 4 is 21.8 Å². The Hall–Kier alpha value is -0.940. The molecule has 0 atom stereocenters. The van der Waals surface area contributed by atoms with E-state index in [9.17, 15) is 9.18 Å². The molecule has 0 saturated carbocycles. The molecular formula is C10H12BrFN2O. The van der Waals surface area contributed by atoms with Crippen molar-refractivity contribution in [2.75, 3.05) is 13.6 Å². The highest BCUT2D eigenvalue weighted by molar-refractivity contribution is 9.10. The van der Waals surface area contributed by atoms with Gasteiger partial charge in [0.1, 0.15) is 5.82 Å². The van der Waals surface area contributed by atoms with Gasteiger partial charge in [0.15, 0.2) is 0 Å². The lowest BCUT2D eigenvalue weighted by Crippen LogP contribution is -2.31. The smallest absolute Gasteiger partial charge is 0.233 e. The molecule has 0 spiro atoms. The number of nitrogens with one attached hydrogen (secondary N) is 2. The molecule has 1 amide bonds. The fourth-order valence-electron chi connectivity index (χ4n) is 1.06. The fraction of sp³-hybridized carbons (Fsp3) is 0.300. The van der Waals surface area contributed by atoms with Crippen molar-refractivity contribution in [2.24, 2.45) is 0 Å². The molecule has 5 heteroatoms. The molecule has 0 aliphatic rings. The number of rotatable bonds is 4. The van der Waals surface area contributed by atoms with Gasteiger partial charge in [0.05, 0.1) is 6.54 Å². The number of carbonyl (C=O) groups excluding carboxylic acids is 1. The summed E-state index contributed by atoms with van der Waals surface area (Å²) in [7, 11) is 1.58. The van der Waals surface area contributed by atoms with E-state index in [0.717, 1.165) is 5.56 Å². The Morgan fingerprint density at radius 1 is 1.53 bits per heavy atom. The van der Waals surface area contributed by atoms with Crippen LogP contribution in [0.3, 0.4) is 0 Å². The molecule has 2 N–H and O–H groups in total. The first-order valence-electron chi connectivity index (χ1n) is 4.48. The Morgan fingerprint density at radius 3 is 2.87 bits per heavy atom. The number of hydrogen-bond donors (Lipinski definition) is 2. The van der Waals surface area contributed by atoms with Crippen LogP contribution in [-0.4, -0.2) is 19.5 Å². The van der Waals surface area contributed by atoms with Gasteiger partial charge < -0.3 is 10.6 Å². The van der Waals surface area contributed by atoms with E-state index in [4.69, 9.17) is 0 Å². The Bertz CT molecular complexity index is 357. The first kappa shape index (κ1) is 12.1. The number of benzene rings is 1. The highest BCUT2D eigenvalue weighted by Gasteiger charge is 2.02. The van der Waals surface area contributed by atoms with Crippen molar-refractivity contribution in [3.63, 3.8) is 0 Å². The van der Waals surface area contributed by atoms with Crippen LogP contribution in [0.15, 0.2) is 22.7 Å². The minimum atomic E-state index is -0.281. The second-order valence-corrected chi connectivity index (χ2v) is 3.87. The van der Waals surface area contributed by atoms with E-state index >= 15 is 0 Å². The average molecular weight is 275 g/mol. The number of carbonyl (C=O) groups is 1. The zero-order valence-corrected chi connectivity index (χ0v) is 9.90. The molecule has 0 saturated heterocycles. The molecule has 0 aliphatic carbocycles. The first-order chi connectivity index (χ1) is 7.13. The van der Waals surface area contributed by atoms with Gasteiger partial charge in [0.2, 0.25) is 5.91 Å². The van der Waals surface area contributed by atoms with Gasteiger partial charge in [0.25, 0.3) is 0 Å². The number of likely N-dealkylation sites (N-methyl/N-ethyl adjacent to an activating group) is 1. The fourth-order valence-corrected chi connectivity index (χ4v) is 1.56. The monoisotopic (exact) mass is 274 g/mol. The summed E-state index contributed by atoms with van der Waals surface area (Å²) in [6.45, 7) is 0.772. The summed E-state index contributed by atoms with van der Waals surface area (Å²) in [5, 5.41) is 5.45. The molecule has 0 heterocycles. The molecule has 1 rings (SSSR count). The van der Waals surface area contributed by atoms with Gasteiger partial charge in [-0.3, -0.25) is 4.79 Å². The number of hydrogen-bond acceptors (Lipinski definition) is 2. The van der Waals surface area contributed by atoms with E-state index in [2.05, 4.69) is 26.6 Å². The molecule has 0 bridgehead atoms. The maximum absolute atomic E-state index is 12.7. The van der Waals surface area contributed by atoms with Gasteiger partial charge in [-0.1, -0.05) is 22.0 Å². The van der Waals surface area contributed by atoms with Crippen LogP contribution >= 0.6 is 15.9 Å². The van der Waals surface area contributed by atoms with Crippen molar-refractivity contribution < 1.29 is 9.18 Å². The van der Waals surface area contributed by atoms with Crippen molar-refractivity contribution in [3.8, 4) is 0 Å². The van der Waals surface area contributed by atoms with Crippen LogP contribution in [-0.2, 0) is 11.3 Å². The van der Waals surface area contributed by atoms with Gasteiger partial charge in [-0.25, -0.2) is 4.39 Å². The normalized spacial score (nSPS) is 10.1. The Labute approximate surface area is 96.2 Å². The summed E-state index contributed by atoms with van der Waals surface area (Å²) in [4.78, 5) is 10.9. The van der Waals surface area contributed by atoms with Crippen molar-refractivity contribution in [1.82, 2.24) is 10.6 Å². The molecule has 0 fully saturated rings. The van der Waals surface area contributed by atoms with E-state index in [0.29, 0.717) is 11.0 Å². The SMILES string of the molecule is CNC(=O)CNCc1ccc(F)cc1Br. The molecule has 1 aromatic rings. The van der Waals surface area contributed by atoms with Crippen LogP contribution < -0.4 is 10.6 Å². The molecule has 0 radical (unpaired) electrons. The van der Waals surface area contributed by atoms with Crippen molar-refractivity contribution in [1.29, 1.82) is 0 Å². The summed E-state index contributed by atoms with van der Waals surface area (Å²) < 4.78 is 13.4. The van der Waals surface area contributed by atoms with Gasteiger partial charge in [-0.2, -0.15) is 0 Å². The predicted molar refractivity (Wildman–Crippen MR) is 59.9 cm³/mol. The maximum Gasteiger partial charge on any atom is 0.233 e. The molecule has 0 aromatic heterocycles. The van der Waals surface area contributed by atoms with E-state index in [1.165, 1.54) is 12.1 Å². The van der Waals surface area contributed by atoms with Crippen LogP contribution in [0.4, 0.5) is 4.39 Å². The third kappa shape index (κ3) is 3.97. The minimum absolute atomic E-state index is 0.0757. The zero-order chi connectivity index (χ0) is 11.3. The largest absolute Gasteiger partial charge is 0.358 e. The molecule has 15 heavy (non-hydrogen) atoms. The molecule has 3 nitrogen and oxygen atoms in total. The lowest BCUT2D eigenvalue weighted by Gasteiger charge is -2.06. The van der Waals surface area contributed by atoms with Gasteiger partial charge in [0, 0.05) is 18.1 Å². The quantitative estimate of drug-likeness (QED) is 0.872. The highest BCUT2D eigenvalue weighted by atomic mass is 79.9. The first-order valence-corrected chi connectivity index (χ1v) is 5.28. The van der Waals surface area contributed by atoms with Gasteiger partial charge >= 0.3 is 0 Å². The van der Waals surface area contributed by atoms with E-state index in [-0.39, 0.29) is 18.3 Å². The molecular weight excluding hydrogens is 263 g/mol. The third-order valence-electron chi connectivity index (χ3n) is 1.89. The minimum Gasteiger partial charge on any atom is -0.358 e. The second-order valence-electron chi connectivity index (χ2n) is 3.01. The molecule has 1 aromatic carbocycles. The van der Waals surface area contributed by atoms with Crippen molar-refractivity contribution in [3.05, 3.63) is 34.1 Å². The average Bonchev–Trinajstić information content (AvgIpc) is 2.21. The Balaban J connectivity index is 2.47. The van der Waals surface area contributed by atoms with Crippen LogP contribution in [0.25, 0.3) is 0 Å². The molecule has 0 aliphatic heterocycles. The molecule has 82 valence electrons. The van der Waals surface area contributed by atoms with E-state index in [1.807, 2.05) is 0 Å². The summed E-state index contributed by atoms with van der Waals surface area (Å²) in [5.41, 5.74) is 0.917. The number of amides is 1. The summed E-state index contributed by atoms with van der Waals surface area (Å²) in [6, 6.07) is 4.47. The Morgan fingerprint density at radius 2 is 2.27 bits per heavy atom. The van der Waals surface area contributed by atoms with E-state index in [1.54, 1.807) is 13.1 Å². The summed E-state index contributed by atoms with van der Waals surface area (Å²) >= 11 is 3.25. The van der Waals surface area contributed by atoms with Crippen molar-refractivity contribution in [2.45, 2.75) is 6.54 Å². The standard InChI is InChI=1S/C10H12BrFN2O/c1-13-10(15)6-14-5-7-2-3-8(12)4-9(7)11/h2-4,14H,5-6H2,1H3,(H,13,15).